The fourth-order valence-corrected chi connectivity index (χ4v) is 3.08. The molecule has 0 fully saturated rings. The van der Waals surface area contributed by atoms with E-state index in [1.165, 1.54) is 6.07 Å². The van der Waals surface area contributed by atoms with Gasteiger partial charge in [-0.3, -0.25) is 4.79 Å². The number of aliphatic carboxylic acids is 1. The molecule has 5 nitrogen and oxygen atoms in total. The molecule has 2 N–H and O–H groups in total. The Labute approximate surface area is 119 Å². The molecule has 0 heterocycles. The van der Waals surface area contributed by atoms with Gasteiger partial charge in [0.05, 0.1) is 0 Å². The Morgan fingerprint density at radius 1 is 1.53 bits per heavy atom. The van der Waals surface area contributed by atoms with Gasteiger partial charge in [0, 0.05) is 4.47 Å². The van der Waals surface area contributed by atoms with Gasteiger partial charge < -0.3 is 5.11 Å². The Bertz CT molecular complexity index is 576. The zero-order valence-corrected chi connectivity index (χ0v) is 12.5. The van der Waals surface area contributed by atoms with Crippen molar-refractivity contribution in [2.24, 2.45) is 0 Å². The summed E-state index contributed by atoms with van der Waals surface area (Å²) in [4.78, 5) is 10.3. The molecule has 106 valence electrons. The highest BCUT2D eigenvalue weighted by Crippen LogP contribution is 2.19. The van der Waals surface area contributed by atoms with Gasteiger partial charge in [0.15, 0.2) is 0 Å². The van der Waals surface area contributed by atoms with E-state index >= 15 is 0 Å². The maximum atomic E-state index is 13.6. The predicted octanol–water partition coefficient (Wildman–Crippen LogP) is 2.12. The molecule has 0 spiro atoms. The SMILES string of the molecule is CCC[C@@H](NS(=O)(=O)c1ccc(Br)cc1F)C(=O)O. The molecular weight excluding hydrogens is 341 g/mol. The number of carboxylic acids is 1. The van der Waals surface area contributed by atoms with Crippen molar-refractivity contribution in [3.05, 3.63) is 28.5 Å². The zero-order chi connectivity index (χ0) is 14.6. The lowest BCUT2D eigenvalue weighted by atomic mass is 10.2. The van der Waals surface area contributed by atoms with E-state index in [0.717, 1.165) is 12.1 Å². The van der Waals surface area contributed by atoms with Crippen molar-refractivity contribution in [1.82, 2.24) is 4.72 Å². The summed E-state index contributed by atoms with van der Waals surface area (Å²) >= 11 is 3.01. The standard InChI is InChI=1S/C11H13BrFNO4S/c1-2-3-9(11(15)16)14-19(17,18)10-5-4-7(12)6-8(10)13/h4-6,9,14H,2-3H2,1H3,(H,15,16)/t9-/m1/s1. The van der Waals surface area contributed by atoms with Crippen molar-refractivity contribution in [3.8, 4) is 0 Å². The molecule has 0 aliphatic carbocycles. The normalized spacial score (nSPS) is 13.2. The van der Waals surface area contributed by atoms with Crippen molar-refractivity contribution >= 4 is 31.9 Å². The minimum Gasteiger partial charge on any atom is -0.480 e. The molecular formula is C11H13BrFNO4S. The van der Waals surface area contributed by atoms with E-state index < -0.39 is 32.7 Å². The second-order valence-corrected chi connectivity index (χ2v) is 6.47. The van der Waals surface area contributed by atoms with E-state index in [0.29, 0.717) is 10.9 Å². The van der Waals surface area contributed by atoms with Gasteiger partial charge >= 0.3 is 5.97 Å². The van der Waals surface area contributed by atoms with Crippen LogP contribution in [0.2, 0.25) is 0 Å². The molecule has 0 aromatic heterocycles. The summed E-state index contributed by atoms with van der Waals surface area (Å²) in [5.41, 5.74) is 0. The summed E-state index contributed by atoms with van der Waals surface area (Å²) in [5.74, 6) is -2.23. The lowest BCUT2D eigenvalue weighted by molar-refractivity contribution is -0.139. The van der Waals surface area contributed by atoms with Gasteiger partial charge in [-0.1, -0.05) is 29.3 Å². The van der Waals surface area contributed by atoms with Crippen molar-refractivity contribution in [3.63, 3.8) is 0 Å². The summed E-state index contributed by atoms with van der Waals surface area (Å²) in [6, 6.07) is 2.18. The number of carbonyl (C=O) groups is 1. The highest BCUT2D eigenvalue weighted by atomic mass is 79.9. The maximum Gasteiger partial charge on any atom is 0.321 e. The van der Waals surface area contributed by atoms with Crippen LogP contribution in [0.25, 0.3) is 0 Å². The number of nitrogens with one attached hydrogen (secondary N) is 1. The van der Waals surface area contributed by atoms with Crippen LogP contribution in [0, 0.1) is 5.82 Å². The molecule has 8 heteroatoms. The number of carboxylic acid groups (broad SMARTS) is 1. The highest BCUT2D eigenvalue weighted by Gasteiger charge is 2.26. The van der Waals surface area contributed by atoms with Crippen LogP contribution in [0.15, 0.2) is 27.6 Å². The van der Waals surface area contributed by atoms with Gasteiger partial charge in [-0.15, -0.1) is 0 Å². The summed E-state index contributed by atoms with van der Waals surface area (Å²) < 4.78 is 39.8. The number of hydrogen-bond donors (Lipinski definition) is 2. The molecule has 0 aliphatic rings. The average molecular weight is 354 g/mol. The molecule has 0 saturated heterocycles. The second kappa shape index (κ2) is 6.44. The van der Waals surface area contributed by atoms with Gasteiger partial charge in [-0.05, 0) is 24.6 Å². The van der Waals surface area contributed by atoms with E-state index in [1.807, 2.05) is 4.72 Å². The Morgan fingerprint density at radius 3 is 2.63 bits per heavy atom. The smallest absolute Gasteiger partial charge is 0.321 e. The van der Waals surface area contributed by atoms with Gasteiger partial charge in [-0.2, -0.15) is 4.72 Å². The molecule has 0 bridgehead atoms. The molecule has 0 amide bonds. The zero-order valence-electron chi connectivity index (χ0n) is 10.1. The summed E-state index contributed by atoms with van der Waals surface area (Å²) in [6.45, 7) is 1.73. The first-order valence-corrected chi connectivity index (χ1v) is 7.75. The first-order valence-electron chi connectivity index (χ1n) is 5.48. The van der Waals surface area contributed by atoms with E-state index in [-0.39, 0.29) is 6.42 Å². The molecule has 1 atom stereocenters. The summed E-state index contributed by atoms with van der Waals surface area (Å²) in [7, 11) is -4.20. The molecule has 0 unspecified atom stereocenters. The van der Waals surface area contributed by atoms with Crippen LogP contribution in [0.4, 0.5) is 4.39 Å². The van der Waals surface area contributed by atoms with Crippen molar-refractivity contribution in [1.29, 1.82) is 0 Å². The lowest BCUT2D eigenvalue weighted by Crippen LogP contribution is -2.40. The lowest BCUT2D eigenvalue weighted by Gasteiger charge is -2.14. The van der Waals surface area contributed by atoms with Crippen LogP contribution >= 0.6 is 15.9 Å². The van der Waals surface area contributed by atoms with Gasteiger partial charge in [-0.25, -0.2) is 12.8 Å². The number of hydrogen-bond acceptors (Lipinski definition) is 3. The van der Waals surface area contributed by atoms with Crippen LogP contribution in [-0.4, -0.2) is 25.5 Å². The molecule has 19 heavy (non-hydrogen) atoms. The van der Waals surface area contributed by atoms with Crippen molar-refractivity contribution in [2.45, 2.75) is 30.7 Å². The van der Waals surface area contributed by atoms with E-state index in [2.05, 4.69) is 15.9 Å². The summed E-state index contributed by atoms with van der Waals surface area (Å²) in [5, 5.41) is 8.90. The van der Waals surface area contributed by atoms with Crippen molar-refractivity contribution in [2.75, 3.05) is 0 Å². The Hall–Kier alpha value is -0.990. The third-order valence-corrected chi connectivity index (χ3v) is 4.35. The molecule has 0 aliphatic heterocycles. The molecule has 1 rings (SSSR count). The van der Waals surface area contributed by atoms with E-state index in [1.54, 1.807) is 6.92 Å². The minimum absolute atomic E-state index is 0.132. The number of benzene rings is 1. The average Bonchev–Trinajstić information content (AvgIpc) is 2.27. The molecule has 1 aromatic rings. The topological polar surface area (TPSA) is 83.5 Å². The van der Waals surface area contributed by atoms with Crippen molar-refractivity contribution < 1.29 is 22.7 Å². The van der Waals surface area contributed by atoms with Crippen LogP contribution in [-0.2, 0) is 14.8 Å². The van der Waals surface area contributed by atoms with Gasteiger partial charge in [0.2, 0.25) is 10.0 Å². The Morgan fingerprint density at radius 2 is 2.16 bits per heavy atom. The van der Waals surface area contributed by atoms with Gasteiger partial charge in [0.1, 0.15) is 16.8 Å². The third kappa shape index (κ3) is 4.26. The highest BCUT2D eigenvalue weighted by molar-refractivity contribution is 9.10. The molecule has 0 radical (unpaired) electrons. The first kappa shape index (κ1) is 16.1. The quantitative estimate of drug-likeness (QED) is 0.820. The largest absolute Gasteiger partial charge is 0.480 e. The second-order valence-electron chi connectivity index (χ2n) is 3.88. The number of rotatable bonds is 6. The van der Waals surface area contributed by atoms with E-state index in [4.69, 9.17) is 5.11 Å². The number of halogens is 2. The number of sulfonamides is 1. The van der Waals surface area contributed by atoms with Crippen LogP contribution < -0.4 is 4.72 Å². The Balaban J connectivity index is 3.06. The molecule has 1 aromatic carbocycles. The Kier molecular flexibility index (Phi) is 5.45. The van der Waals surface area contributed by atoms with Crippen LogP contribution in [0.1, 0.15) is 19.8 Å². The predicted molar refractivity (Wildman–Crippen MR) is 70.8 cm³/mol. The monoisotopic (exact) mass is 353 g/mol. The van der Waals surface area contributed by atoms with Crippen LogP contribution in [0.5, 0.6) is 0 Å². The van der Waals surface area contributed by atoms with E-state index in [9.17, 15) is 17.6 Å². The first-order chi connectivity index (χ1) is 8.77. The van der Waals surface area contributed by atoms with Gasteiger partial charge in [0.25, 0.3) is 0 Å². The maximum absolute atomic E-state index is 13.6. The third-order valence-electron chi connectivity index (χ3n) is 2.36. The molecule has 0 saturated carbocycles. The minimum atomic E-state index is -4.20. The van der Waals surface area contributed by atoms with Crippen LogP contribution in [0.3, 0.4) is 0 Å². The summed E-state index contributed by atoms with van der Waals surface area (Å²) in [6.07, 6.45) is 0.620. The fraction of sp³-hybridized carbons (Fsp3) is 0.364. The fourth-order valence-electron chi connectivity index (χ4n) is 1.47.